The molecule has 2 nitrogen and oxygen atoms in total. The van der Waals surface area contributed by atoms with E-state index in [1.807, 2.05) is 12.1 Å². The first-order valence-corrected chi connectivity index (χ1v) is 18.1. The highest BCUT2D eigenvalue weighted by molar-refractivity contribution is 8.18. The summed E-state index contributed by atoms with van der Waals surface area (Å²) in [5, 5.41) is 0. The van der Waals surface area contributed by atoms with Crippen LogP contribution in [-0.4, -0.2) is 21.9 Å². The maximum absolute atomic E-state index is 13.9. The highest BCUT2D eigenvalue weighted by atomic mass is 32.2. The number of ether oxygens (including phenoxy) is 2. The van der Waals surface area contributed by atoms with Crippen LogP contribution in [-0.2, 0) is 12.8 Å². The minimum absolute atomic E-state index is 0.00262. The van der Waals surface area contributed by atoms with Crippen molar-refractivity contribution in [3.05, 3.63) is 59.7 Å². The second kappa shape index (κ2) is 16.4. The number of unbranched alkanes of at least 4 members (excludes halogenated alkanes) is 8. The van der Waals surface area contributed by atoms with Crippen molar-refractivity contribution in [1.82, 2.24) is 0 Å². The van der Waals surface area contributed by atoms with E-state index in [1.54, 1.807) is 12.1 Å². The van der Waals surface area contributed by atoms with Crippen molar-refractivity contribution in [2.24, 2.45) is 11.8 Å². The molecule has 2 atom stereocenters. The van der Waals surface area contributed by atoms with Crippen LogP contribution in [0.3, 0.4) is 0 Å². The Morgan fingerprint density at radius 1 is 0.659 bits per heavy atom. The third-order valence-corrected chi connectivity index (χ3v) is 11.9. The summed E-state index contributed by atoms with van der Waals surface area (Å²) in [6, 6.07) is 15.8. The molecule has 5 rings (SSSR count). The number of alkyl halides is 2. The Hall–Kier alpha value is -1.40. The van der Waals surface area contributed by atoms with Crippen LogP contribution < -0.4 is 9.47 Å². The van der Waals surface area contributed by atoms with Gasteiger partial charge in [0.2, 0.25) is 4.27 Å². The lowest BCUT2D eigenvalue weighted by atomic mass is 9.90. The zero-order valence-corrected chi connectivity index (χ0v) is 26.8. The lowest BCUT2D eigenvalue weighted by Crippen LogP contribution is -2.44. The maximum Gasteiger partial charge on any atom is 0.401 e. The van der Waals surface area contributed by atoms with Crippen LogP contribution in [0.4, 0.5) is 8.78 Å². The summed E-state index contributed by atoms with van der Waals surface area (Å²) >= 11 is 4.13. The summed E-state index contributed by atoms with van der Waals surface area (Å²) in [7, 11) is 0. The van der Waals surface area contributed by atoms with Crippen LogP contribution in [0.15, 0.2) is 48.5 Å². The molecule has 41 heavy (non-hydrogen) atoms. The topological polar surface area (TPSA) is 18.5 Å². The van der Waals surface area contributed by atoms with Crippen molar-refractivity contribution in [3.63, 3.8) is 0 Å². The highest BCUT2D eigenvalue weighted by Crippen LogP contribution is 2.54. The number of rotatable bonds is 12. The first-order chi connectivity index (χ1) is 20.0. The number of thioether (sulfide) groups is 2. The van der Waals surface area contributed by atoms with E-state index in [0.717, 1.165) is 30.6 Å². The van der Waals surface area contributed by atoms with Gasteiger partial charge in [-0.15, -0.1) is 23.5 Å². The van der Waals surface area contributed by atoms with Crippen LogP contribution in [0.1, 0.15) is 108 Å². The van der Waals surface area contributed by atoms with E-state index < -0.39 is 12.0 Å². The van der Waals surface area contributed by atoms with Gasteiger partial charge in [-0.3, -0.25) is 0 Å². The number of para-hydroxylation sites is 2. The Bertz CT molecular complexity index is 1040. The summed E-state index contributed by atoms with van der Waals surface area (Å²) in [5.74, 6) is 3.97. The van der Waals surface area contributed by atoms with Gasteiger partial charge in [0.1, 0.15) is 11.5 Å². The standard InChI is InChI=1S/C19H28OS2.C16H22F2O/c1-2-3-4-5-6-11-17-15-16-10-7-8-12-18(16)20-19(17)21-13-9-14-22-19;1-2-3-4-5-6-10-14-12-13-9-7-8-11-15(13)19-16(14,17)18/h7-8,10,12,17H,2-6,9,11,13-15H2,1H3;7-9,11,14H,2-6,10,12H2,1H3. The molecule has 0 aliphatic carbocycles. The van der Waals surface area contributed by atoms with E-state index in [2.05, 4.69) is 61.6 Å². The minimum Gasteiger partial charge on any atom is -0.467 e. The van der Waals surface area contributed by atoms with E-state index in [4.69, 9.17) is 9.47 Å². The average Bonchev–Trinajstić information content (AvgIpc) is 2.98. The quantitative estimate of drug-likeness (QED) is 0.224. The fourth-order valence-corrected chi connectivity index (χ4v) is 9.48. The van der Waals surface area contributed by atoms with Crippen molar-refractivity contribution in [1.29, 1.82) is 0 Å². The molecule has 0 bridgehead atoms. The minimum atomic E-state index is -3.01. The number of hydrogen-bond acceptors (Lipinski definition) is 4. The number of hydrogen-bond donors (Lipinski definition) is 0. The third kappa shape index (κ3) is 9.29. The molecular formula is C35H50F2O2S2. The van der Waals surface area contributed by atoms with Crippen molar-refractivity contribution >= 4 is 23.5 Å². The Morgan fingerprint density at radius 3 is 1.73 bits per heavy atom. The van der Waals surface area contributed by atoms with Crippen LogP contribution in [0, 0.1) is 11.8 Å². The van der Waals surface area contributed by atoms with Gasteiger partial charge in [-0.25, -0.2) is 0 Å². The van der Waals surface area contributed by atoms with Crippen LogP contribution in [0.5, 0.6) is 11.5 Å². The molecule has 0 N–H and O–H groups in total. The number of fused-ring (bicyclic) bond motifs is 2. The molecule has 228 valence electrons. The smallest absolute Gasteiger partial charge is 0.401 e. The van der Waals surface area contributed by atoms with Gasteiger partial charge in [0.05, 0.1) is 5.92 Å². The van der Waals surface area contributed by atoms with Gasteiger partial charge in [0.25, 0.3) is 0 Å². The molecular weight excluding hydrogens is 555 g/mol. The van der Waals surface area contributed by atoms with Crippen LogP contribution in [0.2, 0.25) is 0 Å². The molecule has 0 amide bonds. The van der Waals surface area contributed by atoms with Crippen LogP contribution >= 0.6 is 23.5 Å². The third-order valence-electron chi connectivity index (χ3n) is 8.56. The van der Waals surface area contributed by atoms with Gasteiger partial charge < -0.3 is 9.47 Å². The van der Waals surface area contributed by atoms with Gasteiger partial charge in [-0.1, -0.05) is 114 Å². The van der Waals surface area contributed by atoms with E-state index in [-0.39, 0.29) is 4.27 Å². The largest absolute Gasteiger partial charge is 0.467 e. The molecule has 0 aromatic heterocycles. The summed E-state index contributed by atoms with van der Waals surface area (Å²) in [6.45, 7) is 4.44. The molecule has 3 aliphatic rings. The fraction of sp³-hybridized carbons (Fsp3) is 0.657. The first kappa shape index (κ1) is 32.5. The predicted molar refractivity (Wildman–Crippen MR) is 172 cm³/mol. The SMILES string of the molecule is CCCCCCCC1Cc2ccccc2OC1(F)F.CCCCCCCC1Cc2ccccc2OC12SCCCS2. The Kier molecular flexibility index (Phi) is 13.0. The lowest BCUT2D eigenvalue weighted by molar-refractivity contribution is -0.225. The summed E-state index contributed by atoms with van der Waals surface area (Å²) in [6.07, 6.45) is 14.1. The number of benzene rings is 2. The van der Waals surface area contributed by atoms with Gasteiger partial charge in [0, 0.05) is 5.92 Å². The Balaban J connectivity index is 0.000000191. The van der Waals surface area contributed by atoms with E-state index in [0.29, 0.717) is 24.5 Å². The molecule has 0 radical (unpaired) electrons. The summed E-state index contributed by atoms with van der Waals surface area (Å²) in [4.78, 5) is 0. The van der Waals surface area contributed by atoms with E-state index >= 15 is 0 Å². The van der Waals surface area contributed by atoms with Gasteiger partial charge >= 0.3 is 6.11 Å². The molecule has 6 heteroatoms. The lowest BCUT2D eigenvalue weighted by Gasteiger charge is -2.45. The van der Waals surface area contributed by atoms with Crippen molar-refractivity contribution in [2.45, 2.75) is 121 Å². The molecule has 1 spiro atoms. The second-order valence-corrected chi connectivity index (χ2v) is 14.7. The monoisotopic (exact) mass is 604 g/mol. The van der Waals surface area contributed by atoms with Gasteiger partial charge in [-0.05, 0) is 66.9 Å². The molecule has 2 aromatic carbocycles. The normalized spacial score (nSPS) is 22.0. The highest BCUT2D eigenvalue weighted by Gasteiger charge is 2.47. The van der Waals surface area contributed by atoms with E-state index in [1.165, 1.54) is 81.3 Å². The zero-order valence-electron chi connectivity index (χ0n) is 25.2. The van der Waals surface area contributed by atoms with Gasteiger partial charge in [-0.2, -0.15) is 8.78 Å². The van der Waals surface area contributed by atoms with Gasteiger partial charge in [0.15, 0.2) is 0 Å². The van der Waals surface area contributed by atoms with Crippen molar-refractivity contribution < 1.29 is 18.3 Å². The molecule has 0 saturated carbocycles. The first-order valence-electron chi connectivity index (χ1n) is 16.2. The average molecular weight is 605 g/mol. The maximum atomic E-state index is 13.9. The molecule has 1 fully saturated rings. The summed E-state index contributed by atoms with van der Waals surface area (Å²) in [5.41, 5.74) is 2.32. The molecule has 2 unspecified atom stereocenters. The Morgan fingerprint density at radius 2 is 1.15 bits per heavy atom. The van der Waals surface area contributed by atoms with Crippen LogP contribution in [0.25, 0.3) is 0 Å². The molecule has 3 heterocycles. The molecule has 3 aliphatic heterocycles. The second-order valence-electron chi connectivity index (χ2n) is 11.8. The van der Waals surface area contributed by atoms with E-state index in [9.17, 15) is 8.78 Å². The van der Waals surface area contributed by atoms with Crippen molar-refractivity contribution in [3.8, 4) is 11.5 Å². The number of halogens is 2. The zero-order chi connectivity index (χ0) is 29.0. The van der Waals surface area contributed by atoms with Crippen molar-refractivity contribution in [2.75, 3.05) is 11.5 Å². The molecule has 2 aromatic rings. The predicted octanol–water partition coefficient (Wildman–Crippen LogP) is 11.3. The Labute approximate surface area is 256 Å². The molecule has 1 saturated heterocycles. The fourth-order valence-electron chi connectivity index (χ4n) is 6.15. The summed E-state index contributed by atoms with van der Waals surface area (Å²) < 4.78 is 39.3.